The van der Waals surface area contributed by atoms with Crippen molar-refractivity contribution in [3.8, 4) is 0 Å². The number of aliphatic imine (C=N–C) groups is 2. The van der Waals surface area contributed by atoms with Gasteiger partial charge in [-0.3, -0.25) is 4.90 Å². The first-order valence-corrected chi connectivity index (χ1v) is 13.7. The number of hydrogen-bond donors (Lipinski definition) is 4. The zero-order valence-electron chi connectivity index (χ0n) is 22.8. The Balaban J connectivity index is 1.38. The van der Waals surface area contributed by atoms with Gasteiger partial charge in [0, 0.05) is 50.1 Å². The SMILES string of the molecule is CCOC1C=C(F)C(CNc2ccccc2C(N)C2=NC(Nc3ccncn3)C(N3CCOCC3)C(N)=N2)=C(F)C1. The quantitative estimate of drug-likeness (QED) is 0.340. The Morgan fingerprint density at radius 2 is 2.00 bits per heavy atom. The molecule has 1 aromatic heterocycles. The van der Waals surface area contributed by atoms with Crippen molar-refractivity contribution in [3.63, 3.8) is 0 Å². The number of hydrogen-bond acceptors (Lipinski definition) is 11. The topological polar surface area (TPSA) is 148 Å². The average molecular weight is 568 g/mol. The lowest BCUT2D eigenvalue weighted by molar-refractivity contribution is 0.0259. The van der Waals surface area contributed by atoms with E-state index < -0.39 is 30.0 Å². The molecule has 4 unspecified atom stereocenters. The van der Waals surface area contributed by atoms with Crippen LogP contribution >= 0.6 is 0 Å². The van der Waals surface area contributed by atoms with Gasteiger partial charge >= 0.3 is 0 Å². The molecule has 6 N–H and O–H groups in total. The number of nitrogens with two attached hydrogens (primary N) is 2. The zero-order valence-corrected chi connectivity index (χ0v) is 22.8. The van der Waals surface area contributed by atoms with Crippen LogP contribution in [-0.4, -0.2) is 84.3 Å². The highest BCUT2D eigenvalue weighted by Gasteiger charge is 2.36. The van der Waals surface area contributed by atoms with Crippen molar-refractivity contribution in [1.82, 2.24) is 14.9 Å². The third kappa shape index (κ3) is 6.76. The van der Waals surface area contributed by atoms with Gasteiger partial charge in [-0.15, -0.1) is 0 Å². The summed E-state index contributed by atoms with van der Waals surface area (Å²) in [5.41, 5.74) is 14.5. The van der Waals surface area contributed by atoms with Gasteiger partial charge in [0.15, 0.2) is 0 Å². The molecule has 2 aliphatic heterocycles. The van der Waals surface area contributed by atoms with E-state index >= 15 is 0 Å². The summed E-state index contributed by atoms with van der Waals surface area (Å²) in [5.74, 6) is 0.0975. The van der Waals surface area contributed by atoms with Crippen molar-refractivity contribution in [3.05, 3.63) is 71.7 Å². The maximum absolute atomic E-state index is 14.8. The maximum atomic E-state index is 14.8. The molecule has 1 aromatic carbocycles. The second-order valence-corrected chi connectivity index (χ2v) is 9.82. The first kappa shape index (κ1) is 28.7. The lowest BCUT2D eigenvalue weighted by atomic mass is 10.0. The summed E-state index contributed by atoms with van der Waals surface area (Å²) in [6.07, 6.45) is 3.25. The summed E-state index contributed by atoms with van der Waals surface area (Å²) in [7, 11) is 0. The monoisotopic (exact) mass is 567 g/mol. The number of anilines is 2. The minimum Gasteiger partial charge on any atom is -0.386 e. The van der Waals surface area contributed by atoms with E-state index in [4.69, 9.17) is 25.9 Å². The lowest BCUT2D eigenvalue weighted by Crippen LogP contribution is -2.59. The molecule has 5 rings (SSSR count). The van der Waals surface area contributed by atoms with Gasteiger partial charge in [0.1, 0.15) is 47.7 Å². The summed E-state index contributed by atoms with van der Waals surface area (Å²) < 4.78 is 40.4. The molecule has 0 spiro atoms. The number of aromatic nitrogens is 2. The van der Waals surface area contributed by atoms with Gasteiger partial charge in [-0.25, -0.2) is 28.7 Å². The van der Waals surface area contributed by atoms with E-state index in [1.165, 1.54) is 12.4 Å². The van der Waals surface area contributed by atoms with Crippen molar-refractivity contribution in [2.24, 2.45) is 21.5 Å². The second kappa shape index (κ2) is 13.3. The first-order valence-electron chi connectivity index (χ1n) is 13.7. The van der Waals surface area contributed by atoms with Crippen LogP contribution in [0.5, 0.6) is 0 Å². The molecule has 1 aliphatic carbocycles. The van der Waals surface area contributed by atoms with Crippen LogP contribution in [0.25, 0.3) is 0 Å². The minimum absolute atomic E-state index is 0.00470. The van der Waals surface area contributed by atoms with Crippen molar-refractivity contribution in [2.45, 2.75) is 37.7 Å². The van der Waals surface area contributed by atoms with E-state index in [2.05, 4.69) is 30.5 Å². The highest BCUT2D eigenvalue weighted by molar-refractivity contribution is 6.04. The van der Waals surface area contributed by atoms with E-state index in [-0.39, 0.29) is 24.6 Å². The third-order valence-corrected chi connectivity index (χ3v) is 7.17. The third-order valence-electron chi connectivity index (χ3n) is 7.17. The molecule has 218 valence electrons. The molecule has 0 radical (unpaired) electrons. The van der Waals surface area contributed by atoms with Crippen LogP contribution in [0.4, 0.5) is 20.3 Å². The minimum atomic E-state index is -0.773. The predicted octanol–water partition coefficient (Wildman–Crippen LogP) is 2.68. The highest BCUT2D eigenvalue weighted by atomic mass is 19.1. The van der Waals surface area contributed by atoms with Crippen LogP contribution in [0, 0.1) is 0 Å². The number of ether oxygens (including phenoxy) is 2. The summed E-state index contributed by atoms with van der Waals surface area (Å²) in [4.78, 5) is 20.0. The maximum Gasteiger partial charge on any atom is 0.149 e. The second-order valence-electron chi connectivity index (χ2n) is 9.82. The number of halogens is 2. The molecule has 0 saturated carbocycles. The fourth-order valence-electron chi connectivity index (χ4n) is 5.14. The Morgan fingerprint density at radius 1 is 1.20 bits per heavy atom. The molecule has 1 fully saturated rings. The Hall–Kier alpha value is -3.78. The first-order chi connectivity index (χ1) is 19.9. The molecule has 3 heterocycles. The van der Waals surface area contributed by atoms with E-state index in [1.54, 1.807) is 25.3 Å². The summed E-state index contributed by atoms with van der Waals surface area (Å²) in [5, 5.41) is 6.49. The van der Waals surface area contributed by atoms with E-state index in [0.29, 0.717) is 61.7 Å². The predicted molar refractivity (Wildman–Crippen MR) is 154 cm³/mol. The van der Waals surface area contributed by atoms with Gasteiger partial charge in [0.25, 0.3) is 0 Å². The molecule has 1 saturated heterocycles. The highest BCUT2D eigenvalue weighted by Crippen LogP contribution is 2.31. The standard InChI is InChI=1S/C28H35F2N9O2/c1-2-41-17-13-20(29)19(21(30)14-17)15-34-22-6-4-3-5-18(22)24(31)27-37-26(32)25(39-9-11-40-12-10-39)28(38-27)36-23-7-8-33-16-35-23/h3-8,13,16-17,24-25,28,34H,2,9-12,14-15,31H2,1H3,(H2,32,37,38)(H,33,35,36). The zero-order chi connectivity index (χ0) is 28.8. The van der Waals surface area contributed by atoms with Crippen molar-refractivity contribution in [2.75, 3.05) is 50.1 Å². The summed E-state index contributed by atoms with van der Waals surface area (Å²) in [6, 6.07) is 7.90. The van der Waals surface area contributed by atoms with Crippen LogP contribution in [-0.2, 0) is 9.47 Å². The van der Waals surface area contributed by atoms with Crippen LogP contribution < -0.4 is 22.1 Å². The number of benzene rings is 1. The molecule has 2 aromatic rings. The number of nitrogens with zero attached hydrogens (tertiary/aromatic N) is 5. The molecule has 11 nitrogen and oxygen atoms in total. The molecular weight excluding hydrogens is 532 g/mol. The van der Waals surface area contributed by atoms with Gasteiger partial charge in [-0.2, -0.15) is 0 Å². The van der Waals surface area contributed by atoms with E-state index in [9.17, 15) is 8.78 Å². The number of para-hydroxylation sites is 1. The van der Waals surface area contributed by atoms with E-state index in [1.807, 2.05) is 18.2 Å². The molecular formula is C28H35F2N9O2. The van der Waals surface area contributed by atoms with Crippen LogP contribution in [0.15, 0.2) is 76.1 Å². The molecule has 4 atom stereocenters. The fraction of sp³-hybridized carbons (Fsp3) is 0.429. The average Bonchev–Trinajstić information content (AvgIpc) is 2.97. The number of rotatable bonds is 10. The number of amidine groups is 2. The van der Waals surface area contributed by atoms with Gasteiger partial charge in [-0.1, -0.05) is 18.2 Å². The molecule has 0 bridgehead atoms. The Labute approximate surface area is 237 Å². The van der Waals surface area contributed by atoms with Gasteiger partial charge in [0.2, 0.25) is 0 Å². The molecule has 0 amide bonds. The molecule has 41 heavy (non-hydrogen) atoms. The number of nitrogens with one attached hydrogen (secondary N) is 2. The van der Waals surface area contributed by atoms with Crippen molar-refractivity contribution in [1.29, 1.82) is 0 Å². The smallest absolute Gasteiger partial charge is 0.149 e. The van der Waals surface area contributed by atoms with Gasteiger partial charge in [0.05, 0.1) is 25.4 Å². The molecule has 3 aliphatic rings. The van der Waals surface area contributed by atoms with Gasteiger partial charge < -0.3 is 31.6 Å². The normalized spacial score (nSPS) is 24.3. The Kier molecular flexibility index (Phi) is 9.29. The summed E-state index contributed by atoms with van der Waals surface area (Å²) in [6.45, 7) is 4.61. The van der Waals surface area contributed by atoms with Crippen LogP contribution in [0.1, 0.15) is 24.9 Å². The Bertz CT molecular complexity index is 1330. The summed E-state index contributed by atoms with van der Waals surface area (Å²) >= 11 is 0. The van der Waals surface area contributed by atoms with Gasteiger partial charge in [-0.05, 0) is 30.7 Å². The lowest BCUT2D eigenvalue weighted by Gasteiger charge is -2.39. The largest absolute Gasteiger partial charge is 0.386 e. The van der Waals surface area contributed by atoms with Crippen molar-refractivity contribution < 1.29 is 18.3 Å². The molecule has 13 heteroatoms. The van der Waals surface area contributed by atoms with Crippen LogP contribution in [0.3, 0.4) is 0 Å². The van der Waals surface area contributed by atoms with Crippen LogP contribution in [0.2, 0.25) is 0 Å². The Morgan fingerprint density at radius 3 is 2.73 bits per heavy atom. The fourth-order valence-corrected chi connectivity index (χ4v) is 5.14. The van der Waals surface area contributed by atoms with Crippen molar-refractivity contribution >= 4 is 23.2 Å². The number of morpholine rings is 1. The van der Waals surface area contributed by atoms with E-state index in [0.717, 1.165) is 0 Å².